The number of aromatic nitrogens is 1. The van der Waals surface area contributed by atoms with Crippen LogP contribution < -0.4 is 5.76 Å². The highest BCUT2D eigenvalue weighted by Crippen LogP contribution is 2.10. The summed E-state index contributed by atoms with van der Waals surface area (Å²) in [6.45, 7) is 9.96. The molecule has 1 aromatic carbocycles. The number of oxazole rings is 1. The Bertz CT molecular complexity index is 440. The summed E-state index contributed by atoms with van der Waals surface area (Å²) in [5.74, 6) is -0.398. The minimum absolute atomic E-state index is 0.398. The molecule has 0 spiro atoms. The molecule has 15 heavy (non-hydrogen) atoms. The first kappa shape index (κ1) is 13.5. The van der Waals surface area contributed by atoms with Gasteiger partial charge in [-0.25, -0.2) is 4.79 Å². The van der Waals surface area contributed by atoms with Gasteiger partial charge < -0.3 is 4.42 Å². The molecule has 0 aliphatic heterocycles. The second-order valence-electron chi connectivity index (χ2n) is 2.51. The summed E-state index contributed by atoms with van der Waals surface area (Å²) in [4.78, 5) is 13.3. The number of hydrogen-bond donors (Lipinski definition) is 1. The average molecular weight is 209 g/mol. The quantitative estimate of drug-likeness (QED) is 0.722. The Morgan fingerprint density at radius 3 is 2.33 bits per heavy atom. The van der Waals surface area contributed by atoms with Crippen LogP contribution in [-0.2, 0) is 0 Å². The van der Waals surface area contributed by atoms with Gasteiger partial charge in [0, 0.05) is 0 Å². The molecule has 0 aliphatic rings. The fraction of sp³-hybridized carbons (Fsp3) is 0.417. The largest absolute Gasteiger partial charge is 0.417 e. The van der Waals surface area contributed by atoms with Crippen molar-refractivity contribution in [2.75, 3.05) is 0 Å². The van der Waals surface area contributed by atoms with E-state index in [0.29, 0.717) is 5.58 Å². The van der Waals surface area contributed by atoms with Crippen LogP contribution in [0.25, 0.3) is 11.1 Å². The van der Waals surface area contributed by atoms with Crippen molar-refractivity contribution in [3.05, 3.63) is 34.3 Å². The first-order chi connectivity index (χ1) is 7.25. The van der Waals surface area contributed by atoms with Crippen molar-refractivity contribution in [1.82, 2.24) is 4.98 Å². The summed E-state index contributed by atoms with van der Waals surface area (Å²) >= 11 is 0. The molecular weight excluding hydrogens is 190 g/mol. The normalized spacial score (nSPS) is 8.60. The molecule has 0 bridgehead atoms. The van der Waals surface area contributed by atoms with Crippen LogP contribution in [0.1, 0.15) is 33.3 Å². The molecular formula is C12H19NO2. The summed E-state index contributed by atoms with van der Waals surface area (Å²) in [6.07, 6.45) is 0. The third kappa shape index (κ3) is 3.62. The lowest BCUT2D eigenvalue weighted by atomic mass is 10.2. The van der Waals surface area contributed by atoms with Crippen molar-refractivity contribution in [2.45, 2.75) is 34.6 Å². The predicted molar refractivity (Wildman–Crippen MR) is 64.3 cm³/mol. The molecule has 0 saturated carbocycles. The maximum atomic E-state index is 10.7. The summed E-state index contributed by atoms with van der Waals surface area (Å²) in [6, 6.07) is 5.56. The standard InChI is InChI=1S/C8H7NO2.2C2H6/c1-5-2-3-7-6(4-5)9-8(10)11-7;2*1-2/h2-4H,1H3,(H,9,10);2*1-2H3. The van der Waals surface area contributed by atoms with Gasteiger partial charge in [-0.3, -0.25) is 4.98 Å². The van der Waals surface area contributed by atoms with Crippen molar-refractivity contribution in [1.29, 1.82) is 0 Å². The second-order valence-corrected chi connectivity index (χ2v) is 2.51. The van der Waals surface area contributed by atoms with Crippen LogP contribution in [0.2, 0.25) is 0 Å². The third-order valence-electron chi connectivity index (χ3n) is 1.57. The van der Waals surface area contributed by atoms with Gasteiger partial charge in [-0.15, -0.1) is 0 Å². The van der Waals surface area contributed by atoms with Crippen LogP contribution in [0.3, 0.4) is 0 Å². The Balaban J connectivity index is 0.000000442. The van der Waals surface area contributed by atoms with Gasteiger partial charge in [-0.1, -0.05) is 33.8 Å². The van der Waals surface area contributed by atoms with Gasteiger partial charge in [0.1, 0.15) is 0 Å². The molecule has 3 heteroatoms. The Morgan fingerprint density at radius 1 is 1.13 bits per heavy atom. The molecule has 1 N–H and O–H groups in total. The van der Waals surface area contributed by atoms with Gasteiger partial charge in [0.05, 0.1) is 5.52 Å². The molecule has 1 aromatic heterocycles. The second kappa shape index (κ2) is 6.87. The number of nitrogens with one attached hydrogen (secondary N) is 1. The molecule has 1 heterocycles. The molecule has 0 aliphatic carbocycles. The number of fused-ring (bicyclic) bond motifs is 1. The third-order valence-corrected chi connectivity index (χ3v) is 1.57. The first-order valence-corrected chi connectivity index (χ1v) is 5.35. The Morgan fingerprint density at radius 2 is 1.73 bits per heavy atom. The van der Waals surface area contributed by atoms with E-state index in [1.807, 2.05) is 46.8 Å². The fourth-order valence-corrected chi connectivity index (χ4v) is 1.07. The van der Waals surface area contributed by atoms with Crippen molar-refractivity contribution >= 4 is 11.1 Å². The molecule has 2 rings (SSSR count). The van der Waals surface area contributed by atoms with E-state index in [9.17, 15) is 4.79 Å². The fourth-order valence-electron chi connectivity index (χ4n) is 1.07. The molecule has 3 nitrogen and oxygen atoms in total. The molecule has 84 valence electrons. The van der Waals surface area contributed by atoms with Gasteiger partial charge in [-0.2, -0.15) is 0 Å². The number of aryl methyl sites for hydroxylation is 1. The van der Waals surface area contributed by atoms with Crippen LogP contribution in [0, 0.1) is 6.92 Å². The topological polar surface area (TPSA) is 46.0 Å². The maximum absolute atomic E-state index is 10.7. The van der Waals surface area contributed by atoms with Crippen molar-refractivity contribution in [3.8, 4) is 0 Å². The van der Waals surface area contributed by atoms with E-state index < -0.39 is 5.76 Å². The molecule has 0 saturated heterocycles. The average Bonchev–Trinajstić information content (AvgIpc) is 2.63. The highest BCUT2D eigenvalue weighted by Gasteiger charge is 1.98. The van der Waals surface area contributed by atoms with Crippen LogP contribution in [0.15, 0.2) is 27.4 Å². The zero-order valence-electron chi connectivity index (χ0n) is 10.0. The minimum atomic E-state index is -0.398. The zero-order chi connectivity index (χ0) is 11.8. The van der Waals surface area contributed by atoms with Gasteiger partial charge in [0.25, 0.3) is 0 Å². The van der Waals surface area contributed by atoms with Crippen LogP contribution in [0.4, 0.5) is 0 Å². The lowest BCUT2D eigenvalue weighted by Gasteiger charge is -1.88. The van der Waals surface area contributed by atoms with Gasteiger partial charge in [0.2, 0.25) is 0 Å². The Labute approximate surface area is 90.1 Å². The predicted octanol–water partition coefficient (Wildman–Crippen LogP) is 3.48. The monoisotopic (exact) mass is 209 g/mol. The number of rotatable bonds is 0. The summed E-state index contributed by atoms with van der Waals surface area (Å²) in [7, 11) is 0. The van der Waals surface area contributed by atoms with E-state index in [4.69, 9.17) is 4.42 Å². The highest BCUT2D eigenvalue weighted by molar-refractivity contribution is 5.72. The zero-order valence-corrected chi connectivity index (χ0v) is 10.0. The van der Waals surface area contributed by atoms with E-state index in [1.165, 1.54) is 0 Å². The maximum Gasteiger partial charge on any atom is 0.417 e. The SMILES string of the molecule is CC.CC.Cc1ccc2oc(=O)[nH]c2c1. The number of benzene rings is 1. The smallest absolute Gasteiger partial charge is 0.408 e. The number of aromatic amines is 1. The molecule has 0 atom stereocenters. The van der Waals surface area contributed by atoms with Crippen LogP contribution in [0.5, 0.6) is 0 Å². The number of hydrogen-bond acceptors (Lipinski definition) is 2. The van der Waals surface area contributed by atoms with E-state index in [1.54, 1.807) is 6.07 Å². The van der Waals surface area contributed by atoms with Crippen molar-refractivity contribution < 1.29 is 4.42 Å². The van der Waals surface area contributed by atoms with E-state index in [2.05, 4.69) is 4.98 Å². The lowest BCUT2D eigenvalue weighted by molar-refractivity contribution is 0.555. The number of H-pyrrole nitrogens is 1. The molecule has 0 amide bonds. The molecule has 0 fully saturated rings. The molecule has 0 unspecified atom stereocenters. The molecule has 0 radical (unpaired) electrons. The summed E-state index contributed by atoms with van der Waals surface area (Å²) in [5, 5.41) is 0. The lowest BCUT2D eigenvalue weighted by Crippen LogP contribution is -1.92. The van der Waals surface area contributed by atoms with Gasteiger partial charge in [0.15, 0.2) is 5.58 Å². The van der Waals surface area contributed by atoms with Crippen molar-refractivity contribution in [2.24, 2.45) is 0 Å². The van der Waals surface area contributed by atoms with Crippen LogP contribution >= 0.6 is 0 Å². The van der Waals surface area contributed by atoms with Gasteiger partial charge in [-0.05, 0) is 24.6 Å². The Kier molecular flexibility index (Phi) is 6.18. The van der Waals surface area contributed by atoms with Crippen molar-refractivity contribution in [3.63, 3.8) is 0 Å². The highest BCUT2D eigenvalue weighted by atomic mass is 16.4. The first-order valence-electron chi connectivity index (χ1n) is 5.35. The van der Waals surface area contributed by atoms with E-state index in [0.717, 1.165) is 11.1 Å². The van der Waals surface area contributed by atoms with E-state index in [-0.39, 0.29) is 0 Å². The van der Waals surface area contributed by atoms with Gasteiger partial charge >= 0.3 is 5.76 Å². The summed E-state index contributed by atoms with van der Waals surface area (Å²) in [5.41, 5.74) is 2.48. The minimum Gasteiger partial charge on any atom is -0.408 e. The Hall–Kier alpha value is -1.51. The molecule has 2 aromatic rings. The van der Waals surface area contributed by atoms with E-state index >= 15 is 0 Å². The van der Waals surface area contributed by atoms with Crippen LogP contribution in [-0.4, -0.2) is 4.98 Å². The summed E-state index contributed by atoms with van der Waals surface area (Å²) < 4.78 is 4.81.